The first-order chi connectivity index (χ1) is 15.9. The number of hydrogen-bond donors (Lipinski definition) is 1. The van der Waals surface area contributed by atoms with E-state index < -0.39 is 9.85 Å². The van der Waals surface area contributed by atoms with Gasteiger partial charge in [0.1, 0.15) is 0 Å². The molecular formula is C23H17N5O4S. The smallest absolute Gasteiger partial charge is 0.258 e. The molecule has 0 saturated carbocycles. The first-order valence-electron chi connectivity index (χ1n) is 9.76. The molecule has 4 rings (SSSR count). The number of nitro benzene ring substituents is 2. The summed E-state index contributed by atoms with van der Waals surface area (Å²) in [6.45, 7) is 1.99. The van der Waals surface area contributed by atoms with E-state index in [0.717, 1.165) is 16.7 Å². The van der Waals surface area contributed by atoms with Gasteiger partial charge in [-0.25, -0.2) is 4.98 Å². The van der Waals surface area contributed by atoms with Gasteiger partial charge in [0.25, 0.3) is 11.4 Å². The highest BCUT2D eigenvalue weighted by atomic mass is 32.1. The highest BCUT2D eigenvalue weighted by Crippen LogP contribution is 2.27. The average molecular weight is 459 g/mol. The van der Waals surface area contributed by atoms with Crippen molar-refractivity contribution >= 4 is 33.6 Å². The molecule has 1 aromatic heterocycles. The Balaban J connectivity index is 1.62. The summed E-state index contributed by atoms with van der Waals surface area (Å²) in [5.41, 5.74) is 7.67. The van der Waals surface area contributed by atoms with E-state index in [1.54, 1.807) is 24.3 Å². The Morgan fingerprint density at radius 3 is 1.91 bits per heavy atom. The minimum Gasteiger partial charge on any atom is -0.258 e. The summed E-state index contributed by atoms with van der Waals surface area (Å²) in [5.74, 6) is 0. The minimum atomic E-state index is -0.447. The molecule has 0 aliphatic heterocycles. The number of non-ortho nitro benzene ring substituents is 2. The maximum Gasteiger partial charge on any atom is 0.269 e. The molecule has 4 aromatic rings. The van der Waals surface area contributed by atoms with Gasteiger partial charge >= 0.3 is 0 Å². The number of rotatable bonds is 7. The molecule has 0 aliphatic rings. The second kappa shape index (κ2) is 9.37. The molecule has 0 radical (unpaired) electrons. The molecule has 0 amide bonds. The van der Waals surface area contributed by atoms with Gasteiger partial charge in [-0.1, -0.05) is 29.8 Å². The zero-order valence-electron chi connectivity index (χ0n) is 17.3. The molecule has 0 unspecified atom stereocenters. The molecule has 0 aliphatic carbocycles. The molecule has 9 nitrogen and oxygen atoms in total. The fraction of sp³-hybridized carbons (Fsp3) is 0.0435. The van der Waals surface area contributed by atoms with Crippen molar-refractivity contribution in [3.05, 3.63) is 115 Å². The van der Waals surface area contributed by atoms with Crippen molar-refractivity contribution in [1.29, 1.82) is 0 Å². The number of nitro groups is 2. The molecule has 0 saturated heterocycles. The summed E-state index contributed by atoms with van der Waals surface area (Å²) >= 11 is 1.34. The summed E-state index contributed by atoms with van der Waals surface area (Å²) in [5, 5.41) is 28.7. The number of aromatic nitrogens is 1. The van der Waals surface area contributed by atoms with Gasteiger partial charge in [0.2, 0.25) is 5.13 Å². The van der Waals surface area contributed by atoms with Crippen LogP contribution >= 0.6 is 11.3 Å². The third-order valence-corrected chi connectivity index (χ3v) is 5.56. The molecule has 0 atom stereocenters. The Hall–Kier alpha value is -4.44. The zero-order chi connectivity index (χ0) is 23.4. The minimum absolute atomic E-state index is 0.00243. The van der Waals surface area contributed by atoms with Crippen molar-refractivity contribution in [3.8, 4) is 11.3 Å². The van der Waals surface area contributed by atoms with E-state index in [0.29, 0.717) is 22.1 Å². The first-order valence-corrected chi connectivity index (χ1v) is 10.6. The van der Waals surface area contributed by atoms with Crippen LogP contribution < -0.4 is 5.43 Å². The second-order valence-corrected chi connectivity index (χ2v) is 7.94. The maximum absolute atomic E-state index is 11.0. The van der Waals surface area contributed by atoms with Crippen molar-refractivity contribution in [2.75, 3.05) is 5.43 Å². The molecule has 0 spiro atoms. The van der Waals surface area contributed by atoms with Crippen LogP contribution in [0.5, 0.6) is 0 Å². The number of aryl methyl sites for hydroxylation is 1. The molecule has 10 heteroatoms. The van der Waals surface area contributed by atoms with Gasteiger partial charge in [0.05, 0.1) is 21.3 Å². The van der Waals surface area contributed by atoms with Crippen molar-refractivity contribution < 1.29 is 9.85 Å². The molecule has 1 N–H and O–H groups in total. The summed E-state index contributed by atoms with van der Waals surface area (Å²) in [6.07, 6.45) is 0. The highest BCUT2D eigenvalue weighted by Gasteiger charge is 2.12. The molecular weight excluding hydrogens is 442 g/mol. The fourth-order valence-corrected chi connectivity index (χ4v) is 3.72. The largest absolute Gasteiger partial charge is 0.269 e. The molecule has 1 heterocycles. The monoisotopic (exact) mass is 459 g/mol. The van der Waals surface area contributed by atoms with E-state index in [-0.39, 0.29) is 11.4 Å². The van der Waals surface area contributed by atoms with Crippen LogP contribution in [0.4, 0.5) is 16.5 Å². The van der Waals surface area contributed by atoms with E-state index in [1.165, 1.54) is 35.6 Å². The van der Waals surface area contributed by atoms with Crippen molar-refractivity contribution in [3.63, 3.8) is 0 Å². The van der Waals surface area contributed by atoms with Crippen LogP contribution in [0, 0.1) is 27.2 Å². The number of hydrazone groups is 1. The second-order valence-electron chi connectivity index (χ2n) is 7.08. The van der Waals surface area contributed by atoms with Gasteiger partial charge < -0.3 is 0 Å². The first kappa shape index (κ1) is 21.8. The molecule has 164 valence electrons. The van der Waals surface area contributed by atoms with Gasteiger partial charge in [-0.15, -0.1) is 11.3 Å². The average Bonchev–Trinajstić information content (AvgIpc) is 3.30. The number of hydrogen-bond acceptors (Lipinski definition) is 8. The van der Waals surface area contributed by atoms with Gasteiger partial charge in [0, 0.05) is 46.3 Å². The lowest BCUT2D eigenvalue weighted by Gasteiger charge is -2.08. The Morgan fingerprint density at radius 1 is 0.848 bits per heavy atom. The van der Waals surface area contributed by atoms with Crippen LogP contribution in [0.1, 0.15) is 16.7 Å². The van der Waals surface area contributed by atoms with E-state index in [4.69, 9.17) is 0 Å². The number of nitrogens with zero attached hydrogens (tertiary/aromatic N) is 4. The van der Waals surface area contributed by atoms with Gasteiger partial charge in [0.15, 0.2) is 0 Å². The standard InChI is InChI=1S/C23H17N5O4S/c1-15-2-4-17(5-3-15)22(18-8-12-20(13-9-18)28(31)32)25-26-23-24-21(14-33-23)16-6-10-19(11-7-16)27(29)30/h2-14H,1H3,(H,24,26)/b25-22-. The Morgan fingerprint density at radius 2 is 1.36 bits per heavy atom. The Kier molecular flexibility index (Phi) is 6.18. The van der Waals surface area contributed by atoms with Crippen molar-refractivity contribution in [2.24, 2.45) is 5.10 Å². The van der Waals surface area contributed by atoms with Crippen LogP contribution in [0.2, 0.25) is 0 Å². The van der Waals surface area contributed by atoms with Crippen molar-refractivity contribution in [2.45, 2.75) is 6.92 Å². The van der Waals surface area contributed by atoms with Crippen LogP contribution in [0.25, 0.3) is 11.3 Å². The van der Waals surface area contributed by atoms with Gasteiger partial charge in [-0.3, -0.25) is 25.7 Å². The SMILES string of the molecule is Cc1ccc(/C(=N/Nc2nc(-c3ccc([N+](=O)[O-])cc3)cs2)c2ccc([N+](=O)[O-])cc2)cc1. The highest BCUT2D eigenvalue weighted by molar-refractivity contribution is 7.14. The van der Waals surface area contributed by atoms with E-state index >= 15 is 0 Å². The van der Waals surface area contributed by atoms with E-state index in [1.807, 2.05) is 36.6 Å². The quantitative estimate of drug-likeness (QED) is 0.212. The van der Waals surface area contributed by atoms with Crippen LogP contribution in [-0.4, -0.2) is 20.5 Å². The van der Waals surface area contributed by atoms with Gasteiger partial charge in [-0.05, 0) is 31.2 Å². The number of thiazole rings is 1. The number of benzene rings is 3. The van der Waals surface area contributed by atoms with Crippen LogP contribution in [-0.2, 0) is 0 Å². The third-order valence-electron chi connectivity index (χ3n) is 4.82. The third kappa shape index (κ3) is 5.08. The lowest BCUT2D eigenvalue weighted by Crippen LogP contribution is -2.07. The number of anilines is 1. The maximum atomic E-state index is 11.0. The predicted molar refractivity (Wildman–Crippen MR) is 128 cm³/mol. The normalized spacial score (nSPS) is 11.2. The summed E-state index contributed by atoms with van der Waals surface area (Å²) in [4.78, 5) is 25.4. The fourth-order valence-electron chi connectivity index (χ4n) is 3.06. The molecule has 0 fully saturated rings. The zero-order valence-corrected chi connectivity index (χ0v) is 18.2. The van der Waals surface area contributed by atoms with E-state index in [2.05, 4.69) is 15.5 Å². The Bertz CT molecular complexity index is 1330. The number of nitrogens with one attached hydrogen (secondary N) is 1. The van der Waals surface area contributed by atoms with Crippen molar-refractivity contribution in [1.82, 2.24) is 4.98 Å². The molecule has 33 heavy (non-hydrogen) atoms. The van der Waals surface area contributed by atoms with E-state index in [9.17, 15) is 20.2 Å². The lowest BCUT2D eigenvalue weighted by molar-refractivity contribution is -0.385. The molecule has 0 bridgehead atoms. The summed E-state index contributed by atoms with van der Waals surface area (Å²) in [7, 11) is 0. The van der Waals surface area contributed by atoms with Crippen LogP contribution in [0.3, 0.4) is 0 Å². The predicted octanol–water partition coefficient (Wildman–Crippen LogP) is 5.80. The van der Waals surface area contributed by atoms with Gasteiger partial charge in [-0.2, -0.15) is 5.10 Å². The summed E-state index contributed by atoms with van der Waals surface area (Å²) < 4.78 is 0. The topological polar surface area (TPSA) is 124 Å². The van der Waals surface area contributed by atoms with Crippen LogP contribution in [0.15, 0.2) is 83.3 Å². The Labute approximate surface area is 192 Å². The summed E-state index contributed by atoms with van der Waals surface area (Å²) in [6, 6.07) is 20.1. The molecule has 3 aromatic carbocycles. The lowest BCUT2D eigenvalue weighted by atomic mass is 10.0.